The third-order valence-electron chi connectivity index (χ3n) is 3.82. The molecule has 0 bridgehead atoms. The van der Waals surface area contributed by atoms with E-state index in [1.54, 1.807) is 0 Å². The minimum absolute atomic E-state index is 0.0843. The van der Waals surface area contributed by atoms with Gasteiger partial charge in [0.05, 0.1) is 5.41 Å². The Balaban J connectivity index is 2.38. The van der Waals surface area contributed by atoms with Crippen molar-refractivity contribution in [1.29, 1.82) is 0 Å². The smallest absolute Gasteiger partial charge is 0.119 e. The fourth-order valence-electron chi connectivity index (χ4n) is 2.72. The summed E-state index contributed by atoms with van der Waals surface area (Å²) in [6.45, 7) is 4.46. The van der Waals surface area contributed by atoms with E-state index in [2.05, 4.69) is 33.8 Å². The first-order valence-electron chi connectivity index (χ1n) is 7.33. The molecule has 0 radical (unpaired) electrons. The van der Waals surface area contributed by atoms with Crippen molar-refractivity contribution in [3.8, 4) is 0 Å². The van der Waals surface area contributed by atoms with Crippen molar-refractivity contribution in [3.05, 3.63) is 36.4 Å². The zero-order valence-electron chi connectivity index (χ0n) is 11.9. The average molecular weight is 260 g/mol. The molecule has 0 aliphatic carbocycles. The van der Waals surface area contributed by atoms with Gasteiger partial charge >= 0.3 is 0 Å². The molecular formula is C15H24N4. The van der Waals surface area contributed by atoms with Gasteiger partial charge in [0.15, 0.2) is 0 Å². The molecule has 0 aromatic carbocycles. The lowest BCUT2D eigenvalue weighted by atomic mass is 9.76. The Bertz CT molecular complexity index is 400. The van der Waals surface area contributed by atoms with Crippen LogP contribution in [-0.4, -0.2) is 19.9 Å². The molecule has 2 aromatic rings. The number of nitrogens with one attached hydrogen (secondary N) is 2. The first-order valence-corrected chi connectivity index (χ1v) is 7.33. The lowest BCUT2D eigenvalue weighted by molar-refractivity contribution is 0.371. The van der Waals surface area contributed by atoms with Crippen LogP contribution >= 0.6 is 0 Å². The lowest BCUT2D eigenvalue weighted by Gasteiger charge is -2.30. The predicted molar refractivity (Wildman–Crippen MR) is 77.0 cm³/mol. The topological polar surface area (TPSA) is 57.4 Å². The van der Waals surface area contributed by atoms with E-state index in [9.17, 15) is 0 Å². The van der Waals surface area contributed by atoms with E-state index < -0.39 is 0 Å². The number of nitrogens with zero attached hydrogens (tertiary/aromatic N) is 2. The van der Waals surface area contributed by atoms with E-state index in [1.807, 2.05) is 24.8 Å². The summed E-state index contributed by atoms with van der Waals surface area (Å²) in [4.78, 5) is 15.7. The van der Waals surface area contributed by atoms with Crippen molar-refractivity contribution in [2.75, 3.05) is 0 Å². The normalized spacial score (nSPS) is 11.9. The Labute approximate surface area is 115 Å². The van der Waals surface area contributed by atoms with Crippen molar-refractivity contribution in [1.82, 2.24) is 19.9 Å². The zero-order valence-corrected chi connectivity index (χ0v) is 11.9. The lowest BCUT2D eigenvalue weighted by Crippen LogP contribution is -2.31. The summed E-state index contributed by atoms with van der Waals surface area (Å²) in [5.74, 6) is 2.09. The monoisotopic (exact) mass is 260 g/mol. The Morgan fingerprint density at radius 3 is 1.68 bits per heavy atom. The van der Waals surface area contributed by atoms with E-state index >= 15 is 0 Å². The second-order valence-electron chi connectivity index (χ2n) is 5.16. The molecule has 0 saturated carbocycles. The maximum absolute atomic E-state index is 4.53. The van der Waals surface area contributed by atoms with Crippen molar-refractivity contribution < 1.29 is 0 Å². The Morgan fingerprint density at radius 2 is 1.37 bits per heavy atom. The van der Waals surface area contributed by atoms with Gasteiger partial charge in [-0.2, -0.15) is 0 Å². The van der Waals surface area contributed by atoms with Gasteiger partial charge < -0.3 is 9.97 Å². The van der Waals surface area contributed by atoms with Crippen LogP contribution < -0.4 is 0 Å². The third kappa shape index (κ3) is 2.88. The maximum atomic E-state index is 4.53. The number of hydrogen-bond donors (Lipinski definition) is 2. The van der Waals surface area contributed by atoms with Crippen LogP contribution in [-0.2, 0) is 5.41 Å². The minimum Gasteiger partial charge on any atom is -0.348 e. The van der Waals surface area contributed by atoms with Gasteiger partial charge in [0, 0.05) is 24.8 Å². The van der Waals surface area contributed by atoms with Crippen LogP contribution in [0.25, 0.3) is 0 Å². The number of hydrogen-bond acceptors (Lipinski definition) is 2. The van der Waals surface area contributed by atoms with E-state index in [0.717, 1.165) is 24.5 Å². The molecule has 19 heavy (non-hydrogen) atoms. The van der Waals surface area contributed by atoms with E-state index in [-0.39, 0.29) is 5.41 Å². The van der Waals surface area contributed by atoms with Gasteiger partial charge in [-0.15, -0.1) is 0 Å². The molecule has 0 aliphatic heterocycles. The van der Waals surface area contributed by atoms with Gasteiger partial charge in [-0.3, -0.25) is 0 Å². The summed E-state index contributed by atoms with van der Waals surface area (Å²) in [6.07, 6.45) is 14.4. The second kappa shape index (κ2) is 6.55. The molecule has 2 rings (SSSR count). The molecule has 4 heteroatoms. The van der Waals surface area contributed by atoms with Crippen LogP contribution in [0, 0.1) is 0 Å². The molecule has 0 fully saturated rings. The largest absolute Gasteiger partial charge is 0.348 e. The highest BCUT2D eigenvalue weighted by Gasteiger charge is 2.37. The summed E-state index contributed by atoms with van der Waals surface area (Å²) >= 11 is 0. The highest BCUT2D eigenvalue weighted by atomic mass is 15.0. The molecule has 0 atom stereocenters. The van der Waals surface area contributed by atoms with Crippen molar-refractivity contribution in [2.45, 2.75) is 57.8 Å². The number of rotatable bonds is 8. The standard InChI is InChI=1S/C15H24N4/c1-3-5-7-15(8-6-4-2,13-16-9-10-17-13)14-18-11-12-19-14/h9-12H,3-8H2,1-2H3,(H,16,17)(H,18,19). The number of H-pyrrole nitrogens is 2. The summed E-state index contributed by atoms with van der Waals surface area (Å²) in [6, 6.07) is 0. The van der Waals surface area contributed by atoms with Gasteiger partial charge in [-0.05, 0) is 12.8 Å². The molecule has 4 nitrogen and oxygen atoms in total. The van der Waals surface area contributed by atoms with Crippen LogP contribution in [0.3, 0.4) is 0 Å². The van der Waals surface area contributed by atoms with Crippen LogP contribution in [0.4, 0.5) is 0 Å². The Morgan fingerprint density at radius 1 is 0.895 bits per heavy atom. The van der Waals surface area contributed by atoms with Gasteiger partial charge in [0.1, 0.15) is 11.6 Å². The first-order chi connectivity index (χ1) is 9.33. The summed E-state index contributed by atoms with van der Waals surface area (Å²) in [5.41, 5.74) is -0.0843. The molecule has 0 unspecified atom stereocenters. The Hall–Kier alpha value is -1.58. The quantitative estimate of drug-likeness (QED) is 0.758. The van der Waals surface area contributed by atoms with Crippen LogP contribution in [0.15, 0.2) is 24.8 Å². The van der Waals surface area contributed by atoms with Crippen LogP contribution in [0.1, 0.15) is 64.0 Å². The summed E-state index contributed by atoms with van der Waals surface area (Å²) in [5, 5.41) is 0. The molecular weight excluding hydrogens is 236 g/mol. The van der Waals surface area contributed by atoms with E-state index in [0.29, 0.717) is 0 Å². The molecule has 0 aliphatic rings. The molecule has 2 N–H and O–H groups in total. The maximum Gasteiger partial charge on any atom is 0.119 e. The highest BCUT2D eigenvalue weighted by molar-refractivity contribution is 5.22. The molecule has 2 heterocycles. The molecule has 0 amide bonds. The number of aromatic amines is 2. The third-order valence-corrected chi connectivity index (χ3v) is 3.82. The predicted octanol–water partition coefficient (Wildman–Crippen LogP) is 3.80. The van der Waals surface area contributed by atoms with Crippen molar-refractivity contribution in [2.24, 2.45) is 0 Å². The first kappa shape index (κ1) is 13.8. The van der Waals surface area contributed by atoms with E-state index in [1.165, 1.54) is 25.7 Å². The SMILES string of the molecule is CCCCC(CCCC)(c1ncc[nH]1)c1ncc[nH]1. The number of unbranched alkanes of at least 4 members (excludes halogenated alkanes) is 2. The van der Waals surface area contributed by atoms with Crippen LogP contribution in [0.5, 0.6) is 0 Å². The van der Waals surface area contributed by atoms with Gasteiger partial charge in [-0.1, -0.05) is 39.5 Å². The zero-order chi connectivity index (χ0) is 13.6. The van der Waals surface area contributed by atoms with Gasteiger partial charge in [-0.25, -0.2) is 9.97 Å². The van der Waals surface area contributed by atoms with Gasteiger partial charge in [0.2, 0.25) is 0 Å². The molecule has 0 spiro atoms. The highest BCUT2D eigenvalue weighted by Crippen LogP contribution is 2.38. The fraction of sp³-hybridized carbons (Fsp3) is 0.600. The number of aromatic nitrogens is 4. The molecule has 0 saturated heterocycles. The average Bonchev–Trinajstić information content (AvgIpc) is 3.12. The Kier molecular flexibility index (Phi) is 4.77. The minimum atomic E-state index is -0.0843. The summed E-state index contributed by atoms with van der Waals surface area (Å²) < 4.78 is 0. The fourth-order valence-corrected chi connectivity index (χ4v) is 2.72. The van der Waals surface area contributed by atoms with Crippen molar-refractivity contribution in [3.63, 3.8) is 0 Å². The van der Waals surface area contributed by atoms with Crippen LogP contribution in [0.2, 0.25) is 0 Å². The molecule has 2 aromatic heterocycles. The number of imidazole rings is 2. The second-order valence-corrected chi connectivity index (χ2v) is 5.16. The summed E-state index contributed by atoms with van der Waals surface area (Å²) in [7, 11) is 0. The van der Waals surface area contributed by atoms with Gasteiger partial charge in [0.25, 0.3) is 0 Å². The van der Waals surface area contributed by atoms with Crippen molar-refractivity contribution >= 4 is 0 Å². The van der Waals surface area contributed by atoms with E-state index in [4.69, 9.17) is 0 Å². The molecule has 104 valence electrons.